The van der Waals surface area contributed by atoms with E-state index in [0.29, 0.717) is 29.7 Å². The minimum Gasteiger partial charge on any atom is -0.364 e. The minimum absolute atomic E-state index is 0.126. The third kappa shape index (κ3) is 6.80. The van der Waals surface area contributed by atoms with E-state index in [2.05, 4.69) is 31.5 Å². The number of benzene rings is 1. The zero-order chi connectivity index (χ0) is 29.1. The van der Waals surface area contributed by atoms with E-state index in [9.17, 15) is 36.3 Å². The molecule has 2 heterocycles. The number of rotatable bonds is 7. The van der Waals surface area contributed by atoms with Crippen LogP contribution in [0.2, 0.25) is 0 Å². The number of alkyl halides is 3. The highest BCUT2D eigenvalue weighted by molar-refractivity contribution is 9.10. The molecule has 0 radical (unpaired) electrons. The topological polar surface area (TPSA) is 94.3 Å². The van der Waals surface area contributed by atoms with Crippen LogP contribution in [0.15, 0.2) is 40.8 Å². The molecule has 1 aromatic heterocycles. The van der Waals surface area contributed by atoms with Gasteiger partial charge in [-0.3, -0.25) is 14.4 Å². The molecular weight excluding hydrogens is 603 g/mol. The van der Waals surface area contributed by atoms with Crippen molar-refractivity contribution in [3.63, 3.8) is 0 Å². The molecule has 214 valence electrons. The SMILES string of the molecule is O=C(/C=C/c1ccc(F)c(Br)c1)NC1(C(=O)NCCc2c[nH]c3c2C=C(F)CC3)CCN(C(=O)C(F)(F)F)CC1. The smallest absolute Gasteiger partial charge is 0.364 e. The fourth-order valence-electron chi connectivity index (χ4n) is 4.82. The van der Waals surface area contributed by atoms with Gasteiger partial charge in [0.05, 0.1) is 4.47 Å². The number of piperidine rings is 1. The maximum absolute atomic E-state index is 13.8. The zero-order valence-corrected chi connectivity index (χ0v) is 22.7. The number of aryl methyl sites for hydroxylation is 1. The van der Waals surface area contributed by atoms with Gasteiger partial charge in [0.15, 0.2) is 0 Å². The molecule has 0 bridgehead atoms. The van der Waals surface area contributed by atoms with Crippen molar-refractivity contribution in [2.45, 2.75) is 43.8 Å². The summed E-state index contributed by atoms with van der Waals surface area (Å²) in [7, 11) is 0. The van der Waals surface area contributed by atoms with Crippen molar-refractivity contribution in [3.05, 3.63) is 69.0 Å². The lowest BCUT2D eigenvalue weighted by atomic mass is 9.86. The number of nitrogens with zero attached hydrogens (tertiary/aromatic N) is 1. The lowest BCUT2D eigenvalue weighted by molar-refractivity contribution is -0.187. The Bertz CT molecular complexity index is 1360. The predicted octanol–water partition coefficient (Wildman–Crippen LogP) is 4.58. The van der Waals surface area contributed by atoms with E-state index in [4.69, 9.17) is 0 Å². The third-order valence-corrected chi connectivity index (χ3v) is 7.61. The molecular formula is C27H26BrF5N4O3. The van der Waals surface area contributed by atoms with E-state index >= 15 is 0 Å². The summed E-state index contributed by atoms with van der Waals surface area (Å²) in [6.45, 7) is -0.660. The van der Waals surface area contributed by atoms with Gasteiger partial charge < -0.3 is 20.5 Å². The first-order valence-electron chi connectivity index (χ1n) is 12.5. The Hall–Kier alpha value is -3.48. The molecule has 0 unspecified atom stereocenters. The fraction of sp³-hybridized carbons (Fsp3) is 0.370. The normalized spacial score (nSPS) is 16.9. The third-order valence-electron chi connectivity index (χ3n) is 7.00. The number of amides is 3. The first kappa shape index (κ1) is 29.5. The molecule has 1 aliphatic carbocycles. The van der Waals surface area contributed by atoms with Crippen molar-refractivity contribution in [3.8, 4) is 0 Å². The number of nitrogens with one attached hydrogen (secondary N) is 3. The van der Waals surface area contributed by atoms with E-state index in [1.807, 2.05) is 0 Å². The molecule has 3 amide bonds. The first-order valence-corrected chi connectivity index (χ1v) is 13.3. The molecule has 1 aromatic carbocycles. The van der Waals surface area contributed by atoms with E-state index in [0.717, 1.165) is 22.9 Å². The first-order chi connectivity index (χ1) is 18.9. The van der Waals surface area contributed by atoms with Gasteiger partial charge in [-0.1, -0.05) is 6.07 Å². The summed E-state index contributed by atoms with van der Waals surface area (Å²) in [6.07, 6.45) is 1.39. The number of aromatic amines is 1. The van der Waals surface area contributed by atoms with E-state index in [1.165, 1.54) is 30.4 Å². The molecule has 0 spiro atoms. The second-order valence-corrected chi connectivity index (χ2v) is 10.5. The summed E-state index contributed by atoms with van der Waals surface area (Å²) in [5.74, 6) is -4.03. The summed E-state index contributed by atoms with van der Waals surface area (Å²) < 4.78 is 66.3. The van der Waals surface area contributed by atoms with Crippen LogP contribution in [0.25, 0.3) is 12.2 Å². The molecule has 7 nitrogen and oxygen atoms in total. The van der Waals surface area contributed by atoms with E-state index < -0.39 is 48.3 Å². The Kier molecular flexibility index (Phi) is 8.81. The maximum Gasteiger partial charge on any atom is 0.471 e. The molecule has 2 aliphatic rings. The van der Waals surface area contributed by atoms with Crippen molar-refractivity contribution in [2.24, 2.45) is 0 Å². The Morgan fingerprint density at radius 2 is 1.85 bits per heavy atom. The number of likely N-dealkylation sites (tertiary alicyclic amines) is 1. The second kappa shape index (κ2) is 11.9. The van der Waals surface area contributed by atoms with Crippen molar-refractivity contribution in [2.75, 3.05) is 19.6 Å². The monoisotopic (exact) mass is 628 g/mol. The summed E-state index contributed by atoms with van der Waals surface area (Å²) in [5, 5.41) is 5.36. The molecule has 40 heavy (non-hydrogen) atoms. The van der Waals surface area contributed by atoms with Gasteiger partial charge in [0.25, 0.3) is 0 Å². The number of H-pyrrole nitrogens is 1. The van der Waals surface area contributed by atoms with Gasteiger partial charge in [-0.25, -0.2) is 8.78 Å². The Morgan fingerprint density at radius 3 is 2.52 bits per heavy atom. The molecule has 1 fully saturated rings. The Balaban J connectivity index is 1.45. The van der Waals surface area contributed by atoms with Gasteiger partial charge in [-0.2, -0.15) is 13.2 Å². The number of allylic oxidation sites excluding steroid dienone is 1. The molecule has 0 saturated carbocycles. The Labute approximate surface area is 235 Å². The lowest BCUT2D eigenvalue weighted by Gasteiger charge is -2.41. The predicted molar refractivity (Wildman–Crippen MR) is 141 cm³/mol. The maximum atomic E-state index is 13.8. The average molecular weight is 629 g/mol. The van der Waals surface area contributed by atoms with Crippen LogP contribution < -0.4 is 10.6 Å². The number of hydrogen-bond donors (Lipinski definition) is 3. The van der Waals surface area contributed by atoms with Gasteiger partial charge in [-0.15, -0.1) is 0 Å². The van der Waals surface area contributed by atoms with Crippen LogP contribution in [0.1, 0.15) is 41.6 Å². The highest BCUT2D eigenvalue weighted by Gasteiger charge is 2.48. The molecule has 1 saturated heterocycles. The zero-order valence-electron chi connectivity index (χ0n) is 21.1. The molecule has 3 N–H and O–H groups in total. The molecule has 4 rings (SSSR count). The summed E-state index contributed by atoms with van der Waals surface area (Å²) in [5.41, 5.74) is 1.34. The van der Waals surface area contributed by atoms with Gasteiger partial charge in [0, 0.05) is 49.6 Å². The van der Waals surface area contributed by atoms with Crippen LogP contribution in [0.5, 0.6) is 0 Å². The van der Waals surface area contributed by atoms with Crippen LogP contribution in [0, 0.1) is 5.82 Å². The number of aromatic nitrogens is 1. The van der Waals surface area contributed by atoms with Gasteiger partial charge >= 0.3 is 12.1 Å². The van der Waals surface area contributed by atoms with E-state index in [1.54, 1.807) is 6.20 Å². The van der Waals surface area contributed by atoms with Crippen molar-refractivity contribution in [1.29, 1.82) is 0 Å². The van der Waals surface area contributed by atoms with Gasteiger partial charge in [0.2, 0.25) is 11.8 Å². The molecule has 2 aromatic rings. The highest BCUT2D eigenvalue weighted by Crippen LogP contribution is 2.29. The van der Waals surface area contributed by atoms with Crippen molar-refractivity contribution >= 4 is 45.8 Å². The molecule has 1 aliphatic heterocycles. The molecule has 13 heteroatoms. The van der Waals surface area contributed by atoms with Gasteiger partial charge in [-0.05, 0) is 77.0 Å². The lowest BCUT2D eigenvalue weighted by Crippen LogP contribution is -2.64. The quantitative estimate of drug-likeness (QED) is 0.309. The largest absolute Gasteiger partial charge is 0.471 e. The minimum atomic E-state index is -5.05. The summed E-state index contributed by atoms with van der Waals surface area (Å²) in [6, 6.07) is 4.09. The number of carbonyl (C=O) groups is 3. The van der Waals surface area contributed by atoms with Crippen LogP contribution >= 0.6 is 15.9 Å². The van der Waals surface area contributed by atoms with Crippen LogP contribution in [0.4, 0.5) is 22.0 Å². The van der Waals surface area contributed by atoms with Crippen molar-refractivity contribution < 1.29 is 36.3 Å². The average Bonchev–Trinajstić information content (AvgIpc) is 3.30. The van der Waals surface area contributed by atoms with E-state index in [-0.39, 0.29) is 29.7 Å². The number of hydrogen-bond acceptors (Lipinski definition) is 3. The number of fused-ring (bicyclic) bond motifs is 1. The van der Waals surface area contributed by atoms with Gasteiger partial charge in [0.1, 0.15) is 17.2 Å². The Morgan fingerprint density at radius 1 is 1.12 bits per heavy atom. The fourth-order valence-corrected chi connectivity index (χ4v) is 5.21. The van der Waals surface area contributed by atoms with Crippen LogP contribution in [0.3, 0.4) is 0 Å². The van der Waals surface area contributed by atoms with Crippen molar-refractivity contribution in [1.82, 2.24) is 20.5 Å². The standard InChI is InChI=1S/C27H26BrF5N4O3/c28-20-13-16(1-4-21(20)30)2-6-23(38)36-26(8-11-37(12-9-26)25(40)27(31,32)33)24(39)34-10-7-17-15-35-22-5-3-18(29)14-19(17)22/h1-2,4,6,13-15,35H,3,5,7-12H2,(H,34,39)(H,36,38)/b6-2+. The second-order valence-electron chi connectivity index (χ2n) is 9.67. The summed E-state index contributed by atoms with van der Waals surface area (Å²) >= 11 is 3.05. The molecule has 0 atom stereocenters. The number of carbonyl (C=O) groups excluding carboxylic acids is 3. The summed E-state index contributed by atoms with van der Waals surface area (Å²) in [4.78, 5) is 41.6. The van der Waals surface area contributed by atoms with Crippen LogP contribution in [-0.2, 0) is 27.2 Å². The number of halogens is 6. The highest BCUT2D eigenvalue weighted by atomic mass is 79.9. The van der Waals surface area contributed by atoms with Crippen LogP contribution in [-0.4, -0.2) is 59.0 Å².